The van der Waals surface area contributed by atoms with Gasteiger partial charge in [0.05, 0.1) is 5.02 Å². The fraction of sp³-hybridized carbons (Fsp3) is 0.500. The molecule has 0 unspecified atom stereocenters. The van der Waals surface area contributed by atoms with Gasteiger partial charge in [0.25, 0.3) is 0 Å². The summed E-state index contributed by atoms with van der Waals surface area (Å²) in [5, 5.41) is 1.04. The van der Waals surface area contributed by atoms with E-state index < -0.39 is 5.60 Å². The molecule has 1 fully saturated rings. The van der Waals surface area contributed by atoms with Crippen LogP contribution >= 0.6 is 23.2 Å². The van der Waals surface area contributed by atoms with Gasteiger partial charge in [0.1, 0.15) is 29.5 Å². The predicted molar refractivity (Wildman–Crippen MR) is 114 cm³/mol. The van der Waals surface area contributed by atoms with Gasteiger partial charge in [0.15, 0.2) is 0 Å². The molecule has 0 aliphatic carbocycles. The van der Waals surface area contributed by atoms with Crippen LogP contribution in [0.4, 0.5) is 4.79 Å². The summed E-state index contributed by atoms with van der Waals surface area (Å²) >= 11 is 12.0. The van der Waals surface area contributed by atoms with E-state index in [4.69, 9.17) is 37.1 Å². The van der Waals surface area contributed by atoms with Gasteiger partial charge in [0, 0.05) is 24.5 Å². The monoisotopic (exact) mass is 439 g/mol. The third-order valence-electron chi connectivity index (χ3n) is 4.74. The van der Waals surface area contributed by atoms with Crippen LogP contribution in [0.3, 0.4) is 0 Å². The second-order valence-corrected chi connectivity index (χ2v) is 9.19. The molecule has 7 heteroatoms. The summed E-state index contributed by atoms with van der Waals surface area (Å²) < 4.78 is 17.1. The van der Waals surface area contributed by atoms with Crippen LogP contribution in [0.15, 0.2) is 34.7 Å². The first kappa shape index (κ1) is 21.8. The zero-order valence-corrected chi connectivity index (χ0v) is 18.6. The lowest BCUT2D eigenvalue weighted by Gasteiger charge is -2.33. The van der Waals surface area contributed by atoms with Gasteiger partial charge in [-0.15, -0.1) is 0 Å². The van der Waals surface area contributed by atoms with Gasteiger partial charge >= 0.3 is 6.09 Å². The predicted octanol–water partition coefficient (Wildman–Crippen LogP) is 6.36. The Labute approximate surface area is 181 Å². The summed E-state index contributed by atoms with van der Waals surface area (Å²) in [6, 6.07) is 9.04. The van der Waals surface area contributed by atoms with Crippen LogP contribution in [0.2, 0.25) is 10.0 Å². The maximum atomic E-state index is 12.2. The molecule has 1 aromatic carbocycles. The van der Waals surface area contributed by atoms with E-state index in [-0.39, 0.29) is 6.09 Å². The highest BCUT2D eigenvalue weighted by atomic mass is 35.5. The zero-order chi connectivity index (χ0) is 21.0. The third-order valence-corrected chi connectivity index (χ3v) is 5.27. The summed E-state index contributed by atoms with van der Waals surface area (Å²) in [6.45, 7) is 7.39. The highest BCUT2D eigenvalue weighted by Crippen LogP contribution is 2.29. The number of nitrogens with zero attached hydrogens (tertiary/aromatic N) is 1. The van der Waals surface area contributed by atoms with Crippen molar-refractivity contribution in [2.24, 2.45) is 5.92 Å². The Balaban J connectivity index is 1.45. The van der Waals surface area contributed by atoms with Crippen LogP contribution in [-0.2, 0) is 17.8 Å². The second-order valence-electron chi connectivity index (χ2n) is 8.35. The molecule has 158 valence electrons. The van der Waals surface area contributed by atoms with Crippen molar-refractivity contribution in [2.75, 3.05) is 13.1 Å². The number of likely N-dealkylation sites (tertiary alicyclic amines) is 1. The maximum absolute atomic E-state index is 12.2. The normalized spacial score (nSPS) is 15.4. The number of benzene rings is 1. The summed E-state index contributed by atoms with van der Waals surface area (Å²) in [6.07, 6.45) is 2.50. The minimum absolute atomic E-state index is 0.228. The molecule has 1 saturated heterocycles. The lowest BCUT2D eigenvalue weighted by molar-refractivity contribution is 0.0183. The first-order valence-corrected chi connectivity index (χ1v) is 10.6. The van der Waals surface area contributed by atoms with Crippen LogP contribution in [0.5, 0.6) is 5.75 Å². The van der Waals surface area contributed by atoms with Crippen LogP contribution < -0.4 is 4.74 Å². The van der Waals surface area contributed by atoms with Crippen LogP contribution in [0, 0.1) is 5.92 Å². The van der Waals surface area contributed by atoms with Crippen molar-refractivity contribution >= 4 is 29.3 Å². The lowest BCUT2D eigenvalue weighted by Crippen LogP contribution is -2.42. The molecule has 0 N–H and O–H groups in total. The summed E-state index contributed by atoms with van der Waals surface area (Å²) in [5.74, 6) is 2.74. The molecule has 1 aliphatic heterocycles. The average Bonchev–Trinajstić information content (AvgIpc) is 3.07. The number of carbonyl (C=O) groups is 1. The Morgan fingerprint density at radius 2 is 1.83 bits per heavy atom. The Morgan fingerprint density at radius 3 is 2.48 bits per heavy atom. The molecule has 1 amide bonds. The van der Waals surface area contributed by atoms with E-state index in [0.717, 1.165) is 30.8 Å². The Hall–Kier alpha value is -1.85. The summed E-state index contributed by atoms with van der Waals surface area (Å²) in [4.78, 5) is 14.0. The molecule has 0 bridgehead atoms. The van der Waals surface area contributed by atoms with Gasteiger partial charge in [-0.25, -0.2) is 4.79 Å². The van der Waals surface area contributed by atoms with Crippen molar-refractivity contribution in [2.45, 2.75) is 52.2 Å². The van der Waals surface area contributed by atoms with E-state index in [1.165, 1.54) is 0 Å². The molecule has 1 aliphatic rings. The standard InChI is InChI=1S/C22H27Cl2NO4/c1-22(2,3)29-21(26)25-10-8-15(9-11-25)12-17-5-6-18(28-17)14-27-20-7-4-16(23)13-19(20)24/h4-7,13,15H,8-12,14H2,1-3H3. The van der Waals surface area contributed by atoms with Gasteiger partial charge in [-0.05, 0) is 69.9 Å². The largest absolute Gasteiger partial charge is 0.484 e. The van der Waals surface area contributed by atoms with Crippen molar-refractivity contribution in [3.63, 3.8) is 0 Å². The van der Waals surface area contributed by atoms with E-state index in [1.54, 1.807) is 23.1 Å². The fourth-order valence-corrected chi connectivity index (χ4v) is 3.74. The first-order chi connectivity index (χ1) is 13.7. The van der Waals surface area contributed by atoms with Gasteiger partial charge in [-0.2, -0.15) is 0 Å². The van der Waals surface area contributed by atoms with E-state index in [1.807, 2.05) is 32.9 Å². The van der Waals surface area contributed by atoms with Crippen LogP contribution in [0.1, 0.15) is 45.1 Å². The van der Waals surface area contributed by atoms with E-state index in [0.29, 0.717) is 41.4 Å². The Morgan fingerprint density at radius 1 is 1.14 bits per heavy atom. The van der Waals surface area contributed by atoms with E-state index >= 15 is 0 Å². The Kier molecular flexibility index (Phi) is 7.01. The Bertz CT molecular complexity index is 836. The molecule has 0 saturated carbocycles. The zero-order valence-electron chi connectivity index (χ0n) is 17.0. The van der Waals surface area contributed by atoms with Crippen molar-refractivity contribution in [3.05, 3.63) is 51.9 Å². The lowest BCUT2D eigenvalue weighted by atomic mass is 9.93. The number of piperidine rings is 1. The van der Waals surface area contributed by atoms with Gasteiger partial charge in [-0.1, -0.05) is 23.2 Å². The van der Waals surface area contributed by atoms with Crippen molar-refractivity contribution in [1.29, 1.82) is 0 Å². The number of ether oxygens (including phenoxy) is 2. The van der Waals surface area contributed by atoms with Gasteiger partial charge in [0.2, 0.25) is 0 Å². The van der Waals surface area contributed by atoms with E-state index in [9.17, 15) is 4.79 Å². The molecule has 2 aromatic rings. The molecule has 0 radical (unpaired) electrons. The topological polar surface area (TPSA) is 51.9 Å². The first-order valence-electron chi connectivity index (χ1n) is 9.83. The van der Waals surface area contributed by atoms with Crippen LogP contribution in [0.25, 0.3) is 0 Å². The number of rotatable bonds is 5. The summed E-state index contributed by atoms with van der Waals surface area (Å²) in [5.41, 5.74) is -0.461. The molecule has 3 rings (SSSR count). The molecule has 2 heterocycles. The minimum atomic E-state index is -0.461. The molecule has 29 heavy (non-hydrogen) atoms. The average molecular weight is 440 g/mol. The second kappa shape index (κ2) is 9.31. The molecule has 5 nitrogen and oxygen atoms in total. The highest BCUT2D eigenvalue weighted by Gasteiger charge is 2.27. The van der Waals surface area contributed by atoms with E-state index in [2.05, 4.69) is 0 Å². The smallest absolute Gasteiger partial charge is 0.410 e. The molecular formula is C22H27Cl2NO4. The summed E-state index contributed by atoms with van der Waals surface area (Å²) in [7, 11) is 0. The third kappa shape index (κ3) is 6.58. The molecular weight excluding hydrogens is 413 g/mol. The fourth-order valence-electron chi connectivity index (χ4n) is 3.28. The van der Waals surface area contributed by atoms with Crippen molar-refractivity contribution in [1.82, 2.24) is 4.90 Å². The number of furan rings is 1. The number of amides is 1. The van der Waals surface area contributed by atoms with Crippen molar-refractivity contribution in [3.8, 4) is 5.75 Å². The molecule has 0 atom stereocenters. The number of halogens is 2. The SMILES string of the molecule is CC(C)(C)OC(=O)N1CCC(Cc2ccc(COc3ccc(Cl)cc3Cl)o2)CC1. The molecule has 0 spiro atoms. The van der Waals surface area contributed by atoms with Crippen molar-refractivity contribution < 1.29 is 18.7 Å². The van der Waals surface area contributed by atoms with Gasteiger partial charge < -0.3 is 18.8 Å². The minimum Gasteiger partial charge on any atom is -0.484 e. The maximum Gasteiger partial charge on any atom is 0.410 e. The number of hydrogen-bond donors (Lipinski definition) is 0. The number of carbonyl (C=O) groups excluding carboxylic acids is 1. The number of hydrogen-bond acceptors (Lipinski definition) is 4. The van der Waals surface area contributed by atoms with Gasteiger partial charge in [-0.3, -0.25) is 0 Å². The quantitative estimate of drug-likeness (QED) is 0.543. The van der Waals surface area contributed by atoms with Crippen LogP contribution in [-0.4, -0.2) is 29.7 Å². The molecule has 1 aromatic heterocycles. The highest BCUT2D eigenvalue weighted by molar-refractivity contribution is 6.35.